The molecule has 21 heteroatoms. The van der Waals surface area contributed by atoms with Crippen LogP contribution >= 0.6 is 6.72 Å². The monoisotopic (exact) mass is 631 g/mol. The predicted molar refractivity (Wildman–Crippen MR) is 143 cm³/mol. The molecule has 8 N–H and O–H groups in total. The molecule has 4 aromatic rings. The van der Waals surface area contributed by atoms with Crippen LogP contribution in [0.1, 0.15) is 0 Å². The number of halogens is 2. The molecule has 17 nitrogen and oxygen atoms in total. The molecule has 0 aliphatic carbocycles. The van der Waals surface area contributed by atoms with Crippen LogP contribution in [0.2, 0.25) is 0 Å². The number of aliphatic hydroxyl groups is 2. The number of H-pyrrole nitrogens is 1. The number of rotatable bonds is 8. The number of nitrogen functional groups attached to an aromatic ring is 2. The first-order valence-corrected chi connectivity index (χ1v) is 14.8. The summed E-state index contributed by atoms with van der Waals surface area (Å²) in [6, 6.07) is 1.48. The second-order valence-electron chi connectivity index (χ2n) is 9.67. The number of alkyl halides is 2. The number of hydrogen-bond acceptors (Lipinski definition) is 14. The van der Waals surface area contributed by atoms with Gasteiger partial charge in [-0.15, -0.1) is 0 Å². The highest BCUT2D eigenvalue weighted by Gasteiger charge is 2.57. The van der Waals surface area contributed by atoms with Crippen LogP contribution in [0, 0.1) is 0 Å². The predicted octanol–water partition coefficient (Wildman–Crippen LogP) is -1.26. The lowest BCUT2D eigenvalue weighted by molar-refractivity contribution is -0.0745. The smallest absolute Gasteiger partial charge is 0.326 e. The van der Waals surface area contributed by atoms with Gasteiger partial charge in [0, 0.05) is 6.20 Å². The molecule has 0 aromatic carbocycles. The van der Waals surface area contributed by atoms with Crippen LogP contribution in [0.4, 0.5) is 20.5 Å². The summed E-state index contributed by atoms with van der Waals surface area (Å²) >= 11 is 5.14. The minimum atomic E-state index is -4.47. The SMILES string of the molecule is Nc1nc2c(ncn2[C@]2(OP(O)(=S)OC[C@H]3OC[C@](F)(n4ccc5c(N)ncnc54)[C@@H]3O)CO[C@H](CO)[C@H]2F)c(=O)[nH]1. The Hall–Kier alpha value is -3.20. The van der Waals surface area contributed by atoms with Gasteiger partial charge in [0.05, 0.1) is 31.5 Å². The van der Waals surface area contributed by atoms with Crippen molar-refractivity contribution in [3.63, 3.8) is 0 Å². The molecule has 6 rings (SSSR count). The molecule has 6 heterocycles. The Kier molecular flexibility index (Phi) is 7.03. The van der Waals surface area contributed by atoms with E-state index in [1.165, 1.54) is 12.3 Å². The Morgan fingerprint density at radius 2 is 1.98 bits per heavy atom. The van der Waals surface area contributed by atoms with E-state index in [2.05, 4.69) is 24.9 Å². The van der Waals surface area contributed by atoms with Crippen molar-refractivity contribution in [2.45, 2.75) is 36.0 Å². The van der Waals surface area contributed by atoms with E-state index < -0.39 is 74.7 Å². The number of hydrogen-bond donors (Lipinski definition) is 6. The third-order valence-electron chi connectivity index (χ3n) is 7.17. The number of aromatic nitrogens is 7. The van der Waals surface area contributed by atoms with Crippen LogP contribution in [-0.4, -0.2) is 100 Å². The number of nitrogens with two attached hydrogens (primary N) is 2. The van der Waals surface area contributed by atoms with E-state index in [-0.39, 0.29) is 28.6 Å². The standard InChI is InChI=1S/C21H24F2N9O8PS/c22-13-10(3-33)38-6-21(13,32-8-28-12-17(32)29-19(25)30-18(12)35)40-41(36,42)39-4-11-14(34)20(23,5-37-11)31-2-1-9-15(24)26-7-27-16(9)31/h1-2,7-8,10-11,13-14,33-34H,3-6H2,(H,36,42)(H2,24,26,27)(H3,25,29,30,35)/t10-,11-,13-,14-,20+,21+,41?/m1/s1. The molecule has 0 radical (unpaired) electrons. The first-order chi connectivity index (χ1) is 19.9. The van der Waals surface area contributed by atoms with E-state index >= 15 is 8.78 Å². The van der Waals surface area contributed by atoms with Crippen molar-refractivity contribution in [2.24, 2.45) is 0 Å². The van der Waals surface area contributed by atoms with Crippen LogP contribution in [0.25, 0.3) is 22.2 Å². The molecule has 2 aliphatic rings. The van der Waals surface area contributed by atoms with Crippen LogP contribution in [0.3, 0.4) is 0 Å². The fraction of sp³-hybridized carbons (Fsp3) is 0.476. The van der Waals surface area contributed by atoms with Crippen molar-refractivity contribution in [1.82, 2.24) is 34.1 Å². The van der Waals surface area contributed by atoms with Gasteiger partial charge in [0.25, 0.3) is 5.56 Å². The molecule has 0 saturated carbocycles. The Bertz CT molecular complexity index is 1770. The van der Waals surface area contributed by atoms with Crippen molar-refractivity contribution in [3.8, 4) is 0 Å². The molecule has 4 aromatic heterocycles. The summed E-state index contributed by atoms with van der Waals surface area (Å²) in [4.78, 5) is 41.4. The molecule has 7 atom stereocenters. The first kappa shape index (κ1) is 28.9. The van der Waals surface area contributed by atoms with Gasteiger partial charge >= 0.3 is 6.72 Å². The normalized spacial score (nSPS) is 31.3. The van der Waals surface area contributed by atoms with Crippen LogP contribution < -0.4 is 17.0 Å². The zero-order chi connectivity index (χ0) is 30.0. The summed E-state index contributed by atoms with van der Waals surface area (Å²) in [7, 11) is 0. The molecule has 2 aliphatic heterocycles. The molecule has 42 heavy (non-hydrogen) atoms. The van der Waals surface area contributed by atoms with Crippen molar-refractivity contribution in [1.29, 1.82) is 0 Å². The van der Waals surface area contributed by atoms with Crippen molar-refractivity contribution in [3.05, 3.63) is 35.3 Å². The number of imidazole rings is 1. The highest BCUT2D eigenvalue weighted by Crippen LogP contribution is 2.54. The molecule has 0 amide bonds. The van der Waals surface area contributed by atoms with Gasteiger partial charge in [0.15, 0.2) is 17.3 Å². The topological polar surface area (TPSA) is 244 Å². The quantitative estimate of drug-likeness (QED) is 0.124. The van der Waals surface area contributed by atoms with Gasteiger partial charge in [0.1, 0.15) is 42.7 Å². The second-order valence-corrected chi connectivity index (χ2v) is 12.4. The molecular formula is C21H24F2N9O8PS. The average molecular weight is 632 g/mol. The summed E-state index contributed by atoms with van der Waals surface area (Å²) < 4.78 is 55.8. The lowest BCUT2D eigenvalue weighted by atomic mass is 10.1. The number of aromatic amines is 1. The van der Waals surface area contributed by atoms with Crippen LogP contribution in [-0.2, 0) is 41.8 Å². The molecule has 2 fully saturated rings. The zero-order valence-corrected chi connectivity index (χ0v) is 23.0. The number of ether oxygens (including phenoxy) is 2. The fourth-order valence-corrected chi connectivity index (χ4v) is 6.65. The van der Waals surface area contributed by atoms with E-state index in [1.54, 1.807) is 0 Å². The maximum atomic E-state index is 16.1. The number of nitrogens with one attached hydrogen (secondary N) is 1. The molecule has 226 valence electrons. The zero-order valence-electron chi connectivity index (χ0n) is 21.3. The lowest BCUT2D eigenvalue weighted by Crippen LogP contribution is -2.46. The molecular weight excluding hydrogens is 607 g/mol. The second kappa shape index (κ2) is 10.2. The molecule has 1 unspecified atom stereocenters. The highest BCUT2D eigenvalue weighted by atomic mass is 32.5. The number of nitrogens with zero attached hydrogens (tertiary/aromatic N) is 6. The Balaban J connectivity index is 1.25. The highest BCUT2D eigenvalue weighted by molar-refractivity contribution is 8.07. The Labute approximate surface area is 238 Å². The van der Waals surface area contributed by atoms with E-state index in [0.717, 1.165) is 21.8 Å². The summed E-state index contributed by atoms with van der Waals surface area (Å²) in [6.45, 7) is -7.17. The third kappa shape index (κ3) is 4.46. The van der Waals surface area contributed by atoms with Gasteiger partial charge in [-0.2, -0.15) is 4.98 Å². The molecule has 0 spiro atoms. The van der Waals surface area contributed by atoms with E-state index in [4.69, 9.17) is 41.8 Å². The Morgan fingerprint density at radius 1 is 1.21 bits per heavy atom. The molecule has 0 bridgehead atoms. The number of aliphatic hydroxyl groups excluding tert-OH is 2. The third-order valence-corrected chi connectivity index (χ3v) is 8.73. The van der Waals surface area contributed by atoms with Gasteiger partial charge in [-0.05, 0) is 17.9 Å². The van der Waals surface area contributed by atoms with Gasteiger partial charge in [0.2, 0.25) is 17.5 Å². The summed E-state index contributed by atoms with van der Waals surface area (Å²) in [5.74, 6) is -2.71. The lowest BCUT2D eigenvalue weighted by Gasteiger charge is -2.34. The average Bonchev–Trinajstić information content (AvgIpc) is 3.70. The van der Waals surface area contributed by atoms with Crippen LogP contribution in [0.5, 0.6) is 0 Å². The minimum Gasteiger partial charge on any atom is -0.394 e. The van der Waals surface area contributed by atoms with Crippen LogP contribution in [0.15, 0.2) is 29.7 Å². The molecule has 2 saturated heterocycles. The first-order valence-electron chi connectivity index (χ1n) is 12.2. The largest absolute Gasteiger partial charge is 0.394 e. The van der Waals surface area contributed by atoms with Gasteiger partial charge in [-0.25, -0.2) is 23.7 Å². The van der Waals surface area contributed by atoms with E-state index in [9.17, 15) is 19.9 Å². The van der Waals surface area contributed by atoms with Gasteiger partial charge < -0.3 is 40.6 Å². The van der Waals surface area contributed by atoms with Gasteiger partial charge in [-0.1, -0.05) is 0 Å². The minimum absolute atomic E-state index is 0.112. The summed E-state index contributed by atoms with van der Waals surface area (Å²) in [6.07, 6.45) is -3.31. The number of anilines is 2. The fourth-order valence-electron chi connectivity index (χ4n) is 5.05. The van der Waals surface area contributed by atoms with Crippen molar-refractivity contribution in [2.75, 3.05) is 37.9 Å². The van der Waals surface area contributed by atoms with E-state index in [0.29, 0.717) is 5.39 Å². The number of fused-ring (bicyclic) bond motifs is 2. The van der Waals surface area contributed by atoms with E-state index in [1.807, 2.05) is 0 Å². The van der Waals surface area contributed by atoms with Crippen molar-refractivity contribution < 1.29 is 42.4 Å². The maximum absolute atomic E-state index is 16.1. The summed E-state index contributed by atoms with van der Waals surface area (Å²) in [5.41, 5.74) is 8.08. The van der Waals surface area contributed by atoms with Crippen molar-refractivity contribution >= 4 is 52.5 Å². The maximum Gasteiger partial charge on any atom is 0.326 e. The Morgan fingerprint density at radius 3 is 2.71 bits per heavy atom. The van der Waals surface area contributed by atoms with Gasteiger partial charge in [-0.3, -0.25) is 23.4 Å². The summed E-state index contributed by atoms with van der Waals surface area (Å²) in [5, 5.41) is 20.8.